The highest BCUT2D eigenvalue weighted by molar-refractivity contribution is 5.78. The molecule has 0 aromatic carbocycles. The zero-order valence-electron chi connectivity index (χ0n) is 14.9. The Bertz CT molecular complexity index is 594. The molecule has 2 saturated heterocycles. The van der Waals surface area contributed by atoms with Gasteiger partial charge in [0, 0.05) is 49.9 Å². The van der Waals surface area contributed by atoms with Crippen LogP contribution < -0.4 is 0 Å². The van der Waals surface area contributed by atoms with Gasteiger partial charge in [0.05, 0.1) is 6.54 Å². The normalized spacial score (nSPS) is 28.7. The molecule has 0 bridgehead atoms. The van der Waals surface area contributed by atoms with Gasteiger partial charge in [-0.3, -0.25) is 9.69 Å². The van der Waals surface area contributed by atoms with Crippen LogP contribution in [-0.4, -0.2) is 50.9 Å². The highest BCUT2D eigenvalue weighted by atomic mass is 16.2. The molecule has 1 aliphatic carbocycles. The van der Waals surface area contributed by atoms with E-state index in [0.717, 1.165) is 52.0 Å². The SMILES string of the molecule is CCCn1ccnc1CN1CCC[C@@]2(CCC(=O)N(C3CC3)C2)C1. The van der Waals surface area contributed by atoms with E-state index in [1.807, 2.05) is 6.20 Å². The molecular formula is C19H30N4O. The summed E-state index contributed by atoms with van der Waals surface area (Å²) in [6.45, 7) is 7.51. The van der Waals surface area contributed by atoms with Gasteiger partial charge in [0.25, 0.3) is 0 Å². The third-order valence-corrected chi connectivity index (χ3v) is 6.05. The van der Waals surface area contributed by atoms with E-state index in [1.54, 1.807) is 0 Å². The number of aryl methyl sites for hydroxylation is 1. The molecule has 1 spiro atoms. The maximum Gasteiger partial charge on any atom is 0.222 e. The summed E-state index contributed by atoms with van der Waals surface area (Å²) in [5.41, 5.74) is 0.330. The number of carbonyl (C=O) groups is 1. The van der Waals surface area contributed by atoms with Gasteiger partial charge in [-0.1, -0.05) is 6.92 Å². The molecule has 5 nitrogen and oxygen atoms in total. The van der Waals surface area contributed by atoms with Crippen molar-refractivity contribution in [3.8, 4) is 0 Å². The van der Waals surface area contributed by atoms with Gasteiger partial charge in [0.2, 0.25) is 5.91 Å². The molecule has 4 rings (SSSR count). The predicted molar refractivity (Wildman–Crippen MR) is 93.4 cm³/mol. The minimum Gasteiger partial charge on any atom is -0.339 e. The Labute approximate surface area is 145 Å². The number of hydrogen-bond donors (Lipinski definition) is 0. The fraction of sp³-hybridized carbons (Fsp3) is 0.789. The average Bonchev–Trinajstić information content (AvgIpc) is 3.33. The molecule has 0 radical (unpaired) electrons. The van der Waals surface area contributed by atoms with Gasteiger partial charge in [0.15, 0.2) is 0 Å². The number of carbonyl (C=O) groups excluding carboxylic acids is 1. The van der Waals surface area contributed by atoms with Gasteiger partial charge < -0.3 is 9.47 Å². The highest BCUT2D eigenvalue weighted by Crippen LogP contribution is 2.42. The minimum atomic E-state index is 0.330. The summed E-state index contributed by atoms with van der Waals surface area (Å²) in [5.74, 6) is 1.60. The zero-order valence-corrected chi connectivity index (χ0v) is 14.9. The van der Waals surface area contributed by atoms with Crippen molar-refractivity contribution in [1.29, 1.82) is 0 Å². The van der Waals surface area contributed by atoms with Crippen molar-refractivity contribution in [2.45, 2.75) is 71.0 Å². The lowest BCUT2D eigenvalue weighted by Crippen LogP contribution is -2.54. The molecule has 3 fully saturated rings. The van der Waals surface area contributed by atoms with Gasteiger partial charge in [-0.2, -0.15) is 0 Å². The summed E-state index contributed by atoms with van der Waals surface area (Å²) in [6, 6.07) is 0.563. The highest BCUT2D eigenvalue weighted by Gasteiger charge is 2.45. The molecule has 3 aliphatic rings. The van der Waals surface area contributed by atoms with Crippen LogP contribution in [0.5, 0.6) is 0 Å². The van der Waals surface area contributed by atoms with Crippen molar-refractivity contribution in [2.24, 2.45) is 5.41 Å². The summed E-state index contributed by atoms with van der Waals surface area (Å²) < 4.78 is 2.29. The number of hydrogen-bond acceptors (Lipinski definition) is 3. The van der Waals surface area contributed by atoms with Crippen molar-refractivity contribution in [1.82, 2.24) is 19.4 Å². The monoisotopic (exact) mass is 330 g/mol. The number of rotatable bonds is 5. The van der Waals surface area contributed by atoms with Gasteiger partial charge >= 0.3 is 0 Å². The number of likely N-dealkylation sites (tertiary alicyclic amines) is 2. The quantitative estimate of drug-likeness (QED) is 0.833. The lowest BCUT2D eigenvalue weighted by Gasteiger charge is -2.48. The maximum absolute atomic E-state index is 12.3. The zero-order chi connectivity index (χ0) is 16.6. The molecule has 5 heteroatoms. The molecule has 1 aromatic heterocycles. The molecule has 2 aliphatic heterocycles. The van der Waals surface area contributed by atoms with Crippen LogP contribution in [0.25, 0.3) is 0 Å². The summed E-state index contributed by atoms with van der Waals surface area (Å²) >= 11 is 0. The van der Waals surface area contributed by atoms with E-state index in [1.165, 1.54) is 31.5 Å². The van der Waals surface area contributed by atoms with Crippen LogP contribution >= 0.6 is 0 Å². The molecule has 0 N–H and O–H groups in total. The van der Waals surface area contributed by atoms with E-state index in [2.05, 4.69) is 32.5 Å². The molecule has 3 heterocycles. The summed E-state index contributed by atoms with van der Waals surface area (Å²) in [6.07, 6.45) is 12.0. The van der Waals surface area contributed by atoms with E-state index >= 15 is 0 Å². The van der Waals surface area contributed by atoms with Crippen LogP contribution in [0.15, 0.2) is 12.4 Å². The average molecular weight is 330 g/mol. The first-order chi connectivity index (χ1) is 11.7. The van der Waals surface area contributed by atoms with Crippen molar-refractivity contribution in [3.05, 3.63) is 18.2 Å². The van der Waals surface area contributed by atoms with Crippen LogP contribution in [0, 0.1) is 5.41 Å². The molecule has 0 unspecified atom stereocenters. The van der Waals surface area contributed by atoms with Gasteiger partial charge in [-0.05, 0) is 45.1 Å². The van der Waals surface area contributed by atoms with Crippen molar-refractivity contribution >= 4 is 5.91 Å². The molecule has 1 aromatic rings. The van der Waals surface area contributed by atoms with Gasteiger partial charge in [0.1, 0.15) is 5.82 Å². The Morgan fingerprint density at radius 2 is 2.17 bits per heavy atom. The Kier molecular flexibility index (Phi) is 4.37. The van der Waals surface area contributed by atoms with Crippen LogP contribution in [0.1, 0.15) is 57.7 Å². The standard InChI is InChI=1S/C19H30N4O/c1-2-10-22-12-9-20-17(22)13-21-11-3-7-19(14-21)8-6-18(24)23(15-19)16-4-5-16/h9,12,16H,2-8,10-11,13-15H2,1H3/t19-/m1/s1. The third-order valence-electron chi connectivity index (χ3n) is 6.05. The van der Waals surface area contributed by atoms with E-state index in [4.69, 9.17) is 0 Å². The maximum atomic E-state index is 12.3. The van der Waals surface area contributed by atoms with Crippen molar-refractivity contribution in [3.63, 3.8) is 0 Å². The first-order valence-corrected chi connectivity index (χ1v) is 9.71. The second-order valence-corrected chi connectivity index (χ2v) is 8.10. The Morgan fingerprint density at radius 3 is 2.96 bits per heavy atom. The number of piperidine rings is 2. The summed E-state index contributed by atoms with van der Waals surface area (Å²) in [4.78, 5) is 21.6. The van der Waals surface area contributed by atoms with Crippen LogP contribution in [-0.2, 0) is 17.9 Å². The molecule has 1 atom stereocenters. The topological polar surface area (TPSA) is 41.4 Å². The van der Waals surface area contributed by atoms with E-state index in [-0.39, 0.29) is 0 Å². The number of nitrogens with zero attached hydrogens (tertiary/aromatic N) is 4. The van der Waals surface area contributed by atoms with Crippen molar-refractivity contribution in [2.75, 3.05) is 19.6 Å². The summed E-state index contributed by atoms with van der Waals surface area (Å²) in [7, 11) is 0. The largest absolute Gasteiger partial charge is 0.339 e. The lowest BCUT2D eigenvalue weighted by atomic mass is 9.73. The first kappa shape index (κ1) is 16.1. The van der Waals surface area contributed by atoms with Crippen molar-refractivity contribution < 1.29 is 4.79 Å². The number of aromatic nitrogens is 2. The van der Waals surface area contributed by atoms with Gasteiger partial charge in [-0.25, -0.2) is 4.98 Å². The lowest BCUT2D eigenvalue weighted by molar-refractivity contribution is -0.140. The molecule has 24 heavy (non-hydrogen) atoms. The minimum absolute atomic E-state index is 0.330. The second kappa shape index (κ2) is 6.51. The molecular weight excluding hydrogens is 300 g/mol. The number of imidazole rings is 1. The first-order valence-electron chi connectivity index (χ1n) is 9.71. The Balaban J connectivity index is 1.43. The van der Waals surface area contributed by atoms with E-state index in [9.17, 15) is 4.79 Å². The fourth-order valence-corrected chi connectivity index (χ4v) is 4.68. The molecule has 132 valence electrons. The summed E-state index contributed by atoms with van der Waals surface area (Å²) in [5, 5.41) is 0. The number of amides is 1. The molecule has 1 amide bonds. The predicted octanol–water partition coefficient (Wildman–Crippen LogP) is 2.66. The Hall–Kier alpha value is -1.36. The van der Waals surface area contributed by atoms with Crippen LogP contribution in [0.3, 0.4) is 0 Å². The van der Waals surface area contributed by atoms with Gasteiger partial charge in [-0.15, -0.1) is 0 Å². The van der Waals surface area contributed by atoms with E-state index in [0.29, 0.717) is 17.4 Å². The fourth-order valence-electron chi connectivity index (χ4n) is 4.68. The Morgan fingerprint density at radius 1 is 1.29 bits per heavy atom. The van der Waals surface area contributed by atoms with E-state index < -0.39 is 0 Å². The second-order valence-electron chi connectivity index (χ2n) is 8.10. The van der Waals surface area contributed by atoms with Crippen LogP contribution in [0.4, 0.5) is 0 Å². The molecule has 1 saturated carbocycles. The smallest absolute Gasteiger partial charge is 0.222 e. The third kappa shape index (κ3) is 3.23. The van der Waals surface area contributed by atoms with Crippen LogP contribution in [0.2, 0.25) is 0 Å².